The first kappa shape index (κ1) is 16.5. The van der Waals surface area contributed by atoms with E-state index < -0.39 is 6.09 Å². The van der Waals surface area contributed by atoms with Gasteiger partial charge in [-0.05, 0) is 41.5 Å². The molecule has 4 heteroatoms. The molecule has 0 saturated heterocycles. The van der Waals surface area contributed by atoms with Crippen molar-refractivity contribution >= 4 is 6.09 Å². The van der Waals surface area contributed by atoms with Crippen molar-refractivity contribution in [1.82, 2.24) is 4.90 Å². The van der Waals surface area contributed by atoms with E-state index in [2.05, 4.69) is 24.3 Å². The lowest BCUT2D eigenvalue weighted by Crippen LogP contribution is -2.34. The lowest BCUT2D eigenvalue weighted by atomic mass is 9.96. The molecule has 0 radical (unpaired) electrons. The van der Waals surface area contributed by atoms with E-state index >= 15 is 0 Å². The third-order valence-electron chi connectivity index (χ3n) is 4.72. The molecule has 2 aromatic carbocycles. The highest BCUT2D eigenvalue weighted by molar-refractivity contribution is 5.79. The molecule has 0 saturated carbocycles. The van der Waals surface area contributed by atoms with Gasteiger partial charge in [-0.15, -0.1) is 0 Å². The second-order valence-corrected chi connectivity index (χ2v) is 6.24. The summed E-state index contributed by atoms with van der Waals surface area (Å²) in [4.78, 5) is 13.2. The molecule has 4 nitrogen and oxygen atoms in total. The zero-order valence-electron chi connectivity index (χ0n) is 13.7. The zero-order valence-corrected chi connectivity index (χ0v) is 13.7. The molecule has 2 aromatic rings. The average Bonchev–Trinajstić information content (AvgIpc) is 2.92. The summed E-state index contributed by atoms with van der Waals surface area (Å²) >= 11 is 0. The Hall–Kier alpha value is -2.33. The molecule has 0 bridgehead atoms. The first-order chi connectivity index (χ1) is 11.7. The molecule has 1 aliphatic carbocycles. The largest absolute Gasteiger partial charge is 0.465 e. The van der Waals surface area contributed by atoms with Crippen LogP contribution in [0.2, 0.25) is 0 Å². The third kappa shape index (κ3) is 3.29. The second-order valence-electron chi connectivity index (χ2n) is 6.24. The Morgan fingerprint density at radius 2 is 1.50 bits per heavy atom. The lowest BCUT2D eigenvalue weighted by molar-refractivity contribution is 0.142. The van der Waals surface area contributed by atoms with Crippen LogP contribution in [0.1, 0.15) is 36.3 Å². The number of aliphatic hydroxyl groups is 1. The Bertz CT molecular complexity index is 668. The molecule has 0 aromatic heterocycles. The number of fused-ring (bicyclic) bond motifs is 3. The average molecular weight is 325 g/mol. The van der Waals surface area contributed by atoms with Gasteiger partial charge in [-0.1, -0.05) is 48.5 Å². The fraction of sp³-hybridized carbons (Fsp3) is 0.350. The lowest BCUT2D eigenvalue weighted by Gasteiger charge is -2.24. The maximum Gasteiger partial charge on any atom is 0.407 e. The van der Waals surface area contributed by atoms with Crippen molar-refractivity contribution in [1.29, 1.82) is 0 Å². The predicted molar refractivity (Wildman–Crippen MR) is 94.3 cm³/mol. The highest BCUT2D eigenvalue weighted by Crippen LogP contribution is 2.44. The summed E-state index contributed by atoms with van der Waals surface area (Å²) in [5.41, 5.74) is 4.84. The number of nitrogens with zero attached hydrogens (tertiary/aromatic N) is 1. The quantitative estimate of drug-likeness (QED) is 0.758. The molecule has 0 atom stereocenters. The van der Waals surface area contributed by atoms with Gasteiger partial charge in [0, 0.05) is 25.6 Å². The second kappa shape index (κ2) is 7.49. The van der Waals surface area contributed by atoms with E-state index in [1.165, 1.54) is 27.2 Å². The van der Waals surface area contributed by atoms with Gasteiger partial charge in [0.1, 0.15) is 0 Å². The van der Waals surface area contributed by atoms with E-state index in [1.54, 1.807) is 0 Å². The fourth-order valence-corrected chi connectivity index (χ4v) is 3.53. The van der Waals surface area contributed by atoms with Gasteiger partial charge >= 0.3 is 6.09 Å². The molecule has 0 fully saturated rings. The first-order valence-electron chi connectivity index (χ1n) is 8.49. The molecular weight excluding hydrogens is 302 g/mol. The summed E-state index contributed by atoms with van der Waals surface area (Å²) in [5, 5.41) is 18.4. The van der Waals surface area contributed by atoms with Crippen molar-refractivity contribution in [3.8, 4) is 11.1 Å². The number of rotatable bonds is 7. The number of carbonyl (C=O) groups is 1. The van der Waals surface area contributed by atoms with E-state index in [0.717, 1.165) is 19.3 Å². The van der Waals surface area contributed by atoms with Crippen LogP contribution in [-0.2, 0) is 0 Å². The van der Waals surface area contributed by atoms with Gasteiger partial charge < -0.3 is 15.1 Å². The van der Waals surface area contributed by atoms with Gasteiger partial charge in [0.2, 0.25) is 0 Å². The SMILES string of the molecule is O=C(O)N(CCCCCO)CC1c2ccccc2-c2ccccc21. The predicted octanol–water partition coefficient (Wildman–Crippen LogP) is 3.94. The number of aliphatic hydroxyl groups excluding tert-OH is 1. The van der Waals surface area contributed by atoms with Gasteiger partial charge in [0.05, 0.1) is 0 Å². The van der Waals surface area contributed by atoms with Crippen molar-refractivity contribution < 1.29 is 15.0 Å². The molecule has 24 heavy (non-hydrogen) atoms. The Labute approximate surface area is 142 Å². The normalized spacial score (nSPS) is 12.7. The van der Waals surface area contributed by atoms with Crippen LogP contribution < -0.4 is 0 Å². The maximum absolute atomic E-state index is 11.7. The van der Waals surface area contributed by atoms with E-state index in [-0.39, 0.29) is 12.5 Å². The molecule has 3 rings (SSSR count). The first-order valence-corrected chi connectivity index (χ1v) is 8.49. The van der Waals surface area contributed by atoms with Crippen LogP contribution in [-0.4, -0.2) is 40.9 Å². The standard InChI is InChI=1S/C20H23NO3/c22-13-7-1-6-12-21(20(23)24)14-19-17-10-4-2-8-15(17)16-9-3-5-11-18(16)19/h2-5,8-11,19,22H,1,6-7,12-14H2,(H,23,24). The summed E-state index contributed by atoms with van der Waals surface area (Å²) in [5.74, 6) is 0.0892. The molecule has 0 unspecified atom stereocenters. The van der Waals surface area contributed by atoms with E-state index in [1.807, 2.05) is 24.3 Å². The van der Waals surface area contributed by atoms with Crippen LogP contribution in [0.25, 0.3) is 11.1 Å². The number of amides is 1. The summed E-state index contributed by atoms with van der Waals surface area (Å²) in [6.45, 7) is 1.15. The van der Waals surface area contributed by atoms with E-state index in [4.69, 9.17) is 5.11 Å². The van der Waals surface area contributed by atoms with Gasteiger partial charge in [0.25, 0.3) is 0 Å². The number of carboxylic acid groups (broad SMARTS) is 1. The maximum atomic E-state index is 11.7. The summed E-state index contributed by atoms with van der Waals surface area (Å²) in [6, 6.07) is 16.5. The molecule has 1 amide bonds. The Kier molecular flexibility index (Phi) is 5.16. The minimum atomic E-state index is -0.874. The smallest absolute Gasteiger partial charge is 0.407 e. The molecule has 1 aliphatic rings. The van der Waals surface area contributed by atoms with Gasteiger partial charge in [-0.2, -0.15) is 0 Å². The summed E-state index contributed by atoms with van der Waals surface area (Å²) < 4.78 is 0. The van der Waals surface area contributed by atoms with Gasteiger partial charge in [-0.25, -0.2) is 4.79 Å². The minimum Gasteiger partial charge on any atom is -0.465 e. The topological polar surface area (TPSA) is 60.8 Å². The summed E-state index contributed by atoms with van der Waals surface area (Å²) in [7, 11) is 0. The fourth-order valence-electron chi connectivity index (χ4n) is 3.53. The molecular formula is C20H23NO3. The van der Waals surface area contributed by atoms with E-state index in [9.17, 15) is 9.90 Å². The van der Waals surface area contributed by atoms with Crippen LogP contribution in [0.15, 0.2) is 48.5 Å². The number of benzene rings is 2. The van der Waals surface area contributed by atoms with Crippen LogP contribution in [0.3, 0.4) is 0 Å². The van der Waals surface area contributed by atoms with Crippen LogP contribution in [0.5, 0.6) is 0 Å². The van der Waals surface area contributed by atoms with Gasteiger partial charge in [-0.3, -0.25) is 0 Å². The van der Waals surface area contributed by atoms with Crippen molar-refractivity contribution in [2.24, 2.45) is 0 Å². The Morgan fingerprint density at radius 3 is 2.04 bits per heavy atom. The third-order valence-corrected chi connectivity index (χ3v) is 4.72. The summed E-state index contributed by atoms with van der Waals surface area (Å²) in [6.07, 6.45) is 1.48. The molecule has 2 N–H and O–H groups in total. The van der Waals surface area contributed by atoms with Crippen LogP contribution in [0, 0.1) is 0 Å². The Morgan fingerprint density at radius 1 is 0.917 bits per heavy atom. The molecule has 0 heterocycles. The van der Waals surface area contributed by atoms with Crippen molar-refractivity contribution in [3.05, 3.63) is 59.7 Å². The molecule has 126 valence electrons. The van der Waals surface area contributed by atoms with Crippen LogP contribution in [0.4, 0.5) is 4.79 Å². The number of hydrogen-bond acceptors (Lipinski definition) is 2. The highest BCUT2D eigenvalue weighted by Gasteiger charge is 2.30. The minimum absolute atomic E-state index is 0.0892. The van der Waals surface area contributed by atoms with Crippen LogP contribution >= 0.6 is 0 Å². The van der Waals surface area contributed by atoms with Crippen molar-refractivity contribution in [2.75, 3.05) is 19.7 Å². The highest BCUT2D eigenvalue weighted by atomic mass is 16.4. The van der Waals surface area contributed by atoms with E-state index in [0.29, 0.717) is 13.1 Å². The number of hydrogen-bond donors (Lipinski definition) is 2. The Balaban J connectivity index is 1.81. The van der Waals surface area contributed by atoms with Crippen molar-refractivity contribution in [3.63, 3.8) is 0 Å². The van der Waals surface area contributed by atoms with Gasteiger partial charge in [0.15, 0.2) is 0 Å². The molecule has 0 spiro atoms. The molecule has 0 aliphatic heterocycles. The monoisotopic (exact) mass is 325 g/mol. The number of unbranched alkanes of at least 4 members (excludes halogenated alkanes) is 2. The van der Waals surface area contributed by atoms with Crippen molar-refractivity contribution in [2.45, 2.75) is 25.2 Å². The zero-order chi connectivity index (χ0) is 16.9.